The number of amides is 2. The van der Waals surface area contributed by atoms with Crippen LogP contribution in [-0.2, 0) is 19.1 Å². The fourth-order valence-corrected chi connectivity index (χ4v) is 2.87. The molecular formula is C12H15NO5. The van der Waals surface area contributed by atoms with Crippen molar-refractivity contribution in [1.29, 1.82) is 0 Å². The molecule has 3 rings (SSSR count). The molecule has 2 bridgehead atoms. The molecule has 2 saturated heterocycles. The van der Waals surface area contributed by atoms with Crippen molar-refractivity contribution in [2.75, 3.05) is 0 Å². The van der Waals surface area contributed by atoms with Crippen LogP contribution >= 0.6 is 0 Å². The summed E-state index contributed by atoms with van der Waals surface area (Å²) in [5.74, 6) is -1.49. The first kappa shape index (κ1) is 11.6. The van der Waals surface area contributed by atoms with Gasteiger partial charge in [0.2, 0.25) is 0 Å². The quantitative estimate of drug-likeness (QED) is 0.721. The zero-order valence-electron chi connectivity index (χ0n) is 9.87. The third kappa shape index (κ3) is 1.80. The Bertz CT molecular complexity index is 395. The minimum Gasteiger partial charge on any atom is -0.481 e. The van der Waals surface area contributed by atoms with Gasteiger partial charge in [-0.05, 0) is 31.6 Å². The van der Waals surface area contributed by atoms with Gasteiger partial charge in [0.15, 0.2) is 0 Å². The summed E-state index contributed by atoms with van der Waals surface area (Å²) in [5, 5.41) is 8.93. The lowest BCUT2D eigenvalue weighted by molar-refractivity contribution is -0.172. The minimum absolute atomic E-state index is 0.151. The van der Waals surface area contributed by atoms with Crippen LogP contribution in [0.5, 0.6) is 0 Å². The lowest BCUT2D eigenvalue weighted by atomic mass is 10.0. The van der Waals surface area contributed by atoms with E-state index in [2.05, 4.69) is 0 Å². The Morgan fingerprint density at radius 2 is 1.78 bits per heavy atom. The summed E-state index contributed by atoms with van der Waals surface area (Å²) in [6, 6.07) is -0.477. The molecule has 2 aliphatic heterocycles. The van der Waals surface area contributed by atoms with Gasteiger partial charge in [0.1, 0.15) is 12.2 Å². The molecule has 0 aromatic rings. The van der Waals surface area contributed by atoms with Crippen molar-refractivity contribution in [3.8, 4) is 0 Å². The Morgan fingerprint density at radius 3 is 2.22 bits per heavy atom. The van der Waals surface area contributed by atoms with Crippen LogP contribution in [0.25, 0.3) is 0 Å². The third-order valence-electron chi connectivity index (χ3n) is 3.93. The number of hydrogen-bond donors (Lipinski definition) is 1. The van der Waals surface area contributed by atoms with Gasteiger partial charge in [-0.25, -0.2) is 0 Å². The molecular weight excluding hydrogens is 238 g/mol. The van der Waals surface area contributed by atoms with E-state index < -0.39 is 24.2 Å². The lowest BCUT2D eigenvalue weighted by Crippen LogP contribution is -2.57. The summed E-state index contributed by atoms with van der Waals surface area (Å²) in [6.45, 7) is 0. The van der Waals surface area contributed by atoms with Crippen molar-refractivity contribution in [3.05, 3.63) is 0 Å². The molecule has 0 aromatic carbocycles. The number of hydrogen-bond acceptors (Lipinski definition) is 4. The van der Waals surface area contributed by atoms with Gasteiger partial charge in [-0.3, -0.25) is 19.3 Å². The summed E-state index contributed by atoms with van der Waals surface area (Å²) in [5.41, 5.74) is 0. The minimum atomic E-state index is -0.966. The van der Waals surface area contributed by atoms with Crippen molar-refractivity contribution in [2.24, 2.45) is 5.92 Å². The molecule has 18 heavy (non-hydrogen) atoms. The molecule has 3 aliphatic rings. The molecule has 3 unspecified atom stereocenters. The maximum Gasteiger partial charge on any atom is 0.305 e. The fourth-order valence-electron chi connectivity index (χ4n) is 2.87. The number of carbonyl (C=O) groups is 3. The number of nitrogens with zero attached hydrogens (tertiary/aromatic N) is 1. The van der Waals surface area contributed by atoms with Gasteiger partial charge >= 0.3 is 5.97 Å². The molecule has 3 atom stereocenters. The highest BCUT2D eigenvalue weighted by Crippen LogP contribution is 2.40. The van der Waals surface area contributed by atoms with E-state index in [0.717, 1.165) is 12.8 Å². The maximum atomic E-state index is 12.1. The zero-order valence-corrected chi connectivity index (χ0v) is 9.87. The second kappa shape index (κ2) is 4.05. The summed E-state index contributed by atoms with van der Waals surface area (Å²) in [6.07, 6.45) is 1.69. The first-order valence-corrected chi connectivity index (χ1v) is 6.32. The Morgan fingerprint density at radius 1 is 1.22 bits per heavy atom. The highest BCUT2D eigenvalue weighted by molar-refractivity contribution is 6.03. The number of likely N-dealkylation sites (tertiary alicyclic amines) is 1. The van der Waals surface area contributed by atoms with Crippen LogP contribution in [0.4, 0.5) is 0 Å². The molecule has 3 fully saturated rings. The Kier molecular flexibility index (Phi) is 2.62. The SMILES string of the molecule is O=C(O)CC(C1CC1)N1C(=O)C2CCC(O2)C1=O. The standard InChI is InChI=1S/C12H15NO5/c14-10(15)5-7(6-1-2-6)13-11(16)8-3-4-9(18-8)12(13)17/h6-9H,1-5H2,(H,14,15). The van der Waals surface area contributed by atoms with Crippen LogP contribution < -0.4 is 0 Å². The molecule has 2 amide bonds. The number of fused-ring (bicyclic) bond motifs is 2. The first-order chi connectivity index (χ1) is 8.58. The molecule has 98 valence electrons. The van der Waals surface area contributed by atoms with Crippen LogP contribution in [0.15, 0.2) is 0 Å². The lowest BCUT2D eigenvalue weighted by Gasteiger charge is -2.35. The smallest absolute Gasteiger partial charge is 0.305 e. The summed E-state index contributed by atoms with van der Waals surface area (Å²) in [7, 11) is 0. The predicted octanol–water partition coefficient (Wildman–Crippen LogP) is 0.156. The van der Waals surface area contributed by atoms with E-state index in [4.69, 9.17) is 9.84 Å². The number of aliphatic carboxylic acids is 1. The third-order valence-corrected chi connectivity index (χ3v) is 3.93. The van der Waals surface area contributed by atoms with Crippen LogP contribution in [0, 0.1) is 5.92 Å². The molecule has 1 N–H and O–H groups in total. The van der Waals surface area contributed by atoms with Gasteiger partial charge in [0.25, 0.3) is 11.8 Å². The topological polar surface area (TPSA) is 83.9 Å². The van der Waals surface area contributed by atoms with Gasteiger partial charge in [-0.15, -0.1) is 0 Å². The Balaban J connectivity index is 1.85. The predicted molar refractivity (Wildman–Crippen MR) is 58.5 cm³/mol. The average molecular weight is 253 g/mol. The summed E-state index contributed by atoms with van der Waals surface area (Å²) >= 11 is 0. The number of carboxylic acids is 1. The van der Waals surface area contributed by atoms with E-state index >= 15 is 0 Å². The second-order valence-corrected chi connectivity index (χ2v) is 5.24. The molecule has 1 aliphatic carbocycles. The van der Waals surface area contributed by atoms with E-state index in [1.54, 1.807) is 0 Å². The molecule has 0 radical (unpaired) electrons. The van der Waals surface area contributed by atoms with E-state index in [-0.39, 0.29) is 24.2 Å². The summed E-state index contributed by atoms with van der Waals surface area (Å²) < 4.78 is 5.32. The van der Waals surface area contributed by atoms with Gasteiger partial charge in [-0.1, -0.05) is 0 Å². The number of carboxylic acid groups (broad SMARTS) is 1. The molecule has 0 aromatic heterocycles. The highest BCUT2D eigenvalue weighted by Gasteiger charge is 2.51. The molecule has 1 saturated carbocycles. The van der Waals surface area contributed by atoms with Crippen LogP contribution in [0.2, 0.25) is 0 Å². The number of imide groups is 1. The number of morpholine rings is 1. The van der Waals surface area contributed by atoms with Crippen LogP contribution in [0.3, 0.4) is 0 Å². The monoisotopic (exact) mass is 253 g/mol. The van der Waals surface area contributed by atoms with E-state index in [1.165, 1.54) is 4.90 Å². The largest absolute Gasteiger partial charge is 0.481 e. The molecule has 2 heterocycles. The van der Waals surface area contributed by atoms with Gasteiger partial charge in [-0.2, -0.15) is 0 Å². The van der Waals surface area contributed by atoms with E-state index in [1.807, 2.05) is 0 Å². The fraction of sp³-hybridized carbons (Fsp3) is 0.750. The second-order valence-electron chi connectivity index (χ2n) is 5.24. The zero-order chi connectivity index (χ0) is 12.9. The number of rotatable bonds is 4. The van der Waals surface area contributed by atoms with Crippen molar-refractivity contribution >= 4 is 17.8 Å². The molecule has 6 heteroatoms. The van der Waals surface area contributed by atoms with Crippen LogP contribution in [0.1, 0.15) is 32.1 Å². The van der Waals surface area contributed by atoms with E-state index in [0.29, 0.717) is 12.8 Å². The number of ether oxygens (including phenoxy) is 1. The van der Waals surface area contributed by atoms with Crippen molar-refractivity contribution in [3.63, 3.8) is 0 Å². The van der Waals surface area contributed by atoms with Crippen molar-refractivity contribution in [2.45, 2.75) is 50.4 Å². The van der Waals surface area contributed by atoms with Crippen molar-refractivity contribution < 1.29 is 24.2 Å². The normalized spacial score (nSPS) is 32.8. The van der Waals surface area contributed by atoms with Crippen molar-refractivity contribution in [1.82, 2.24) is 4.90 Å². The highest BCUT2D eigenvalue weighted by atomic mass is 16.5. The molecule has 0 spiro atoms. The van der Waals surface area contributed by atoms with Gasteiger partial charge in [0, 0.05) is 0 Å². The van der Waals surface area contributed by atoms with Crippen LogP contribution in [-0.4, -0.2) is 46.0 Å². The van der Waals surface area contributed by atoms with E-state index in [9.17, 15) is 14.4 Å². The first-order valence-electron chi connectivity index (χ1n) is 6.32. The Hall–Kier alpha value is -1.43. The number of carbonyl (C=O) groups excluding carboxylic acids is 2. The molecule has 6 nitrogen and oxygen atoms in total. The maximum absolute atomic E-state index is 12.1. The van der Waals surface area contributed by atoms with Gasteiger partial charge in [0.05, 0.1) is 12.5 Å². The van der Waals surface area contributed by atoms with Gasteiger partial charge < -0.3 is 9.84 Å². The summed E-state index contributed by atoms with van der Waals surface area (Å²) in [4.78, 5) is 36.4. The average Bonchev–Trinajstić information content (AvgIpc) is 3.04. The Labute approximate surface area is 104 Å².